The van der Waals surface area contributed by atoms with E-state index in [4.69, 9.17) is 8.83 Å². The first kappa shape index (κ1) is 19.9. The molecule has 0 aliphatic rings. The normalized spacial score (nSPS) is 11.2. The highest BCUT2D eigenvalue weighted by Crippen LogP contribution is 2.35. The smallest absolute Gasteiger partial charge is 0.193 e. The highest BCUT2D eigenvalue weighted by Gasteiger charge is 2.17. The number of hydrogen-bond acceptors (Lipinski definition) is 4. The molecule has 2 aromatic heterocycles. The van der Waals surface area contributed by atoms with Gasteiger partial charge in [-0.1, -0.05) is 84.9 Å². The van der Waals surface area contributed by atoms with E-state index in [1.54, 1.807) is 12.1 Å². The van der Waals surface area contributed by atoms with Crippen molar-refractivity contribution in [3.8, 4) is 33.8 Å². The number of fused-ring (bicyclic) bond motifs is 2. The summed E-state index contributed by atoms with van der Waals surface area (Å²) in [5, 5.41) is 0.937. The zero-order valence-electron chi connectivity index (χ0n) is 18.0. The minimum absolute atomic E-state index is 0.131. The molecule has 0 radical (unpaired) electrons. The Morgan fingerprint density at radius 2 is 0.853 bits per heavy atom. The number of para-hydroxylation sites is 2. The Balaban J connectivity index is 1.66. The van der Waals surface area contributed by atoms with Crippen molar-refractivity contribution >= 4 is 21.9 Å². The van der Waals surface area contributed by atoms with Crippen molar-refractivity contribution in [3.05, 3.63) is 130 Å². The van der Waals surface area contributed by atoms with E-state index in [-0.39, 0.29) is 10.9 Å². The van der Waals surface area contributed by atoms with Gasteiger partial charge in [0.1, 0.15) is 22.7 Å². The second-order valence-corrected chi connectivity index (χ2v) is 8.05. The lowest BCUT2D eigenvalue weighted by molar-refractivity contribution is 0.615. The van der Waals surface area contributed by atoms with Gasteiger partial charge in [0.25, 0.3) is 0 Å². The van der Waals surface area contributed by atoms with Crippen molar-refractivity contribution in [2.24, 2.45) is 0 Å². The average Bonchev–Trinajstić information content (AvgIpc) is 2.89. The van der Waals surface area contributed by atoms with Gasteiger partial charge >= 0.3 is 0 Å². The Bertz CT molecular complexity index is 1640. The van der Waals surface area contributed by atoms with Crippen molar-refractivity contribution in [1.82, 2.24) is 0 Å². The van der Waals surface area contributed by atoms with E-state index >= 15 is 0 Å². The fraction of sp³-hybridized carbons (Fsp3) is 0. The van der Waals surface area contributed by atoms with E-state index in [0.717, 1.165) is 11.1 Å². The third kappa shape index (κ3) is 3.33. The van der Waals surface area contributed by atoms with Gasteiger partial charge in [-0.2, -0.15) is 0 Å². The summed E-state index contributed by atoms with van der Waals surface area (Å²) in [5.74, 6) is 0.967. The predicted octanol–water partition coefficient (Wildman–Crippen LogP) is 6.90. The number of hydrogen-bond donors (Lipinski definition) is 0. The third-order valence-electron chi connectivity index (χ3n) is 5.92. The molecular formula is C30H18O4. The molecular weight excluding hydrogens is 424 g/mol. The quantitative estimate of drug-likeness (QED) is 0.299. The van der Waals surface area contributed by atoms with Gasteiger partial charge in [0.2, 0.25) is 0 Å². The molecule has 2 heterocycles. The summed E-state index contributed by atoms with van der Waals surface area (Å²) < 4.78 is 12.6. The molecule has 0 aliphatic carbocycles. The Kier molecular flexibility index (Phi) is 4.70. The average molecular weight is 442 g/mol. The van der Waals surface area contributed by atoms with Crippen LogP contribution in [-0.2, 0) is 0 Å². The number of benzene rings is 4. The summed E-state index contributed by atoms with van der Waals surface area (Å²) in [6.45, 7) is 0. The molecule has 0 saturated carbocycles. The minimum atomic E-state index is -0.131. The lowest BCUT2D eigenvalue weighted by Crippen LogP contribution is -2.03. The van der Waals surface area contributed by atoms with Crippen molar-refractivity contribution < 1.29 is 8.83 Å². The first-order valence-electron chi connectivity index (χ1n) is 10.9. The molecule has 0 amide bonds. The largest absolute Gasteiger partial charge is 0.455 e. The number of rotatable bonds is 3. The molecule has 34 heavy (non-hydrogen) atoms. The second-order valence-electron chi connectivity index (χ2n) is 8.05. The van der Waals surface area contributed by atoms with Crippen LogP contribution in [0.3, 0.4) is 0 Å². The van der Waals surface area contributed by atoms with Crippen LogP contribution in [0.5, 0.6) is 0 Å². The molecule has 4 heteroatoms. The van der Waals surface area contributed by atoms with Gasteiger partial charge in [-0.05, 0) is 12.1 Å². The third-order valence-corrected chi connectivity index (χ3v) is 5.92. The maximum Gasteiger partial charge on any atom is 0.193 e. The molecule has 6 aromatic rings. The van der Waals surface area contributed by atoms with Crippen LogP contribution in [0, 0.1) is 0 Å². The summed E-state index contributed by atoms with van der Waals surface area (Å²) in [6, 6.07) is 32.9. The van der Waals surface area contributed by atoms with Crippen LogP contribution < -0.4 is 10.9 Å². The summed E-state index contributed by atoms with van der Waals surface area (Å²) in [4.78, 5) is 26.0. The van der Waals surface area contributed by atoms with Crippen LogP contribution in [0.25, 0.3) is 55.7 Å². The molecule has 0 atom stereocenters. The standard InChI is InChI=1S/C30H18O4/c31-25-17-27(19-9-3-1-4-10-19)33-29-21(13-7-15-23(25)29)22-14-8-16-24-26(32)18-28(34-30(22)24)20-11-5-2-6-12-20/h1-18H. The summed E-state index contributed by atoms with van der Waals surface area (Å²) in [7, 11) is 0. The van der Waals surface area contributed by atoms with Crippen molar-refractivity contribution in [2.45, 2.75) is 0 Å². The van der Waals surface area contributed by atoms with Gasteiger partial charge in [0, 0.05) is 34.4 Å². The predicted molar refractivity (Wildman–Crippen MR) is 135 cm³/mol. The Morgan fingerprint density at radius 1 is 0.441 bits per heavy atom. The monoisotopic (exact) mass is 442 g/mol. The Hall–Kier alpha value is -4.70. The summed E-state index contributed by atoms with van der Waals surface area (Å²) in [5.41, 5.74) is 3.64. The zero-order valence-corrected chi connectivity index (χ0v) is 18.0. The molecule has 162 valence electrons. The lowest BCUT2D eigenvalue weighted by Gasteiger charge is -2.11. The van der Waals surface area contributed by atoms with Crippen LogP contribution >= 0.6 is 0 Å². The maximum absolute atomic E-state index is 13.0. The molecule has 0 fully saturated rings. The summed E-state index contributed by atoms with van der Waals surface area (Å²) >= 11 is 0. The molecule has 4 aromatic carbocycles. The summed E-state index contributed by atoms with van der Waals surface area (Å²) in [6.07, 6.45) is 0. The van der Waals surface area contributed by atoms with E-state index in [9.17, 15) is 9.59 Å². The van der Waals surface area contributed by atoms with Gasteiger partial charge in [-0.15, -0.1) is 0 Å². The molecule has 0 aliphatic heterocycles. The van der Waals surface area contributed by atoms with Crippen molar-refractivity contribution in [3.63, 3.8) is 0 Å². The molecule has 6 rings (SSSR count). The zero-order chi connectivity index (χ0) is 23.1. The highest BCUT2D eigenvalue weighted by molar-refractivity contribution is 6.01. The highest BCUT2D eigenvalue weighted by atomic mass is 16.3. The first-order chi connectivity index (χ1) is 16.7. The van der Waals surface area contributed by atoms with E-state index in [0.29, 0.717) is 44.6 Å². The van der Waals surface area contributed by atoms with Crippen LogP contribution in [0.1, 0.15) is 0 Å². The van der Waals surface area contributed by atoms with Crippen LogP contribution in [0.15, 0.2) is 128 Å². The fourth-order valence-electron chi connectivity index (χ4n) is 4.27. The van der Waals surface area contributed by atoms with Gasteiger partial charge in [0.15, 0.2) is 10.9 Å². The van der Waals surface area contributed by atoms with Gasteiger partial charge in [0.05, 0.1) is 10.8 Å². The molecule has 0 spiro atoms. The van der Waals surface area contributed by atoms with Crippen LogP contribution in [-0.4, -0.2) is 0 Å². The molecule has 0 bridgehead atoms. The van der Waals surface area contributed by atoms with E-state index < -0.39 is 0 Å². The molecule has 0 N–H and O–H groups in total. The second kappa shape index (κ2) is 8.01. The van der Waals surface area contributed by atoms with E-state index in [2.05, 4.69) is 0 Å². The lowest BCUT2D eigenvalue weighted by atomic mass is 9.99. The minimum Gasteiger partial charge on any atom is -0.455 e. The Labute approximate surface area is 194 Å². The van der Waals surface area contributed by atoms with Crippen molar-refractivity contribution in [2.75, 3.05) is 0 Å². The molecule has 4 nitrogen and oxygen atoms in total. The fourth-order valence-corrected chi connectivity index (χ4v) is 4.27. The topological polar surface area (TPSA) is 60.4 Å². The van der Waals surface area contributed by atoms with Crippen LogP contribution in [0.4, 0.5) is 0 Å². The maximum atomic E-state index is 13.0. The first-order valence-corrected chi connectivity index (χ1v) is 10.9. The van der Waals surface area contributed by atoms with Crippen molar-refractivity contribution in [1.29, 1.82) is 0 Å². The Morgan fingerprint density at radius 3 is 1.26 bits per heavy atom. The van der Waals surface area contributed by atoms with Crippen LogP contribution in [0.2, 0.25) is 0 Å². The van der Waals surface area contributed by atoms with E-state index in [1.165, 1.54) is 12.1 Å². The van der Waals surface area contributed by atoms with Gasteiger partial charge < -0.3 is 8.83 Å². The molecule has 0 unspecified atom stereocenters. The SMILES string of the molecule is O=c1cc(-c2ccccc2)oc2c(-c3cccc4c(=O)cc(-c5ccccc5)oc34)cccc12. The van der Waals surface area contributed by atoms with Gasteiger partial charge in [-0.3, -0.25) is 9.59 Å². The van der Waals surface area contributed by atoms with E-state index in [1.807, 2.05) is 84.9 Å². The van der Waals surface area contributed by atoms with Gasteiger partial charge in [-0.25, -0.2) is 0 Å². The molecule has 0 saturated heterocycles.